The molecular formula is C14H12FN3O4S. The summed E-state index contributed by atoms with van der Waals surface area (Å²) in [6.45, 7) is 0. The third-order valence-corrected chi connectivity index (χ3v) is 3.56. The summed E-state index contributed by atoms with van der Waals surface area (Å²) in [5.74, 6) is -1.60. The van der Waals surface area contributed by atoms with Crippen LogP contribution in [-0.2, 0) is 14.3 Å². The monoisotopic (exact) mass is 337 g/mol. The summed E-state index contributed by atoms with van der Waals surface area (Å²) in [5.41, 5.74) is 0.188. The highest BCUT2D eigenvalue weighted by molar-refractivity contribution is 8.18. The van der Waals surface area contributed by atoms with Gasteiger partial charge < -0.3 is 9.47 Å². The van der Waals surface area contributed by atoms with E-state index in [1.54, 1.807) is 6.07 Å². The topological polar surface area (TPSA) is 89.3 Å². The predicted molar refractivity (Wildman–Crippen MR) is 83.8 cm³/mol. The van der Waals surface area contributed by atoms with Gasteiger partial charge in [-0.25, -0.2) is 9.18 Å². The Morgan fingerprint density at radius 3 is 2.87 bits per heavy atom. The van der Waals surface area contributed by atoms with Gasteiger partial charge >= 0.3 is 5.97 Å². The zero-order chi connectivity index (χ0) is 16.8. The lowest BCUT2D eigenvalue weighted by Gasteiger charge is -2.02. The summed E-state index contributed by atoms with van der Waals surface area (Å²) >= 11 is 0.927. The molecule has 1 aromatic carbocycles. The minimum atomic E-state index is -0.647. The molecule has 0 aliphatic carbocycles. The minimum absolute atomic E-state index is 0.0912. The van der Waals surface area contributed by atoms with Crippen LogP contribution in [0.3, 0.4) is 0 Å². The number of esters is 1. The average Bonchev–Trinajstić information content (AvgIpc) is 2.88. The van der Waals surface area contributed by atoms with Gasteiger partial charge in [0, 0.05) is 11.6 Å². The number of nitrogens with zero attached hydrogens (tertiary/aromatic N) is 2. The first kappa shape index (κ1) is 16.7. The van der Waals surface area contributed by atoms with Gasteiger partial charge in [-0.3, -0.25) is 10.1 Å². The van der Waals surface area contributed by atoms with Crippen LogP contribution in [0, 0.1) is 5.82 Å². The summed E-state index contributed by atoms with van der Waals surface area (Å²) in [6, 6.07) is 4.60. The van der Waals surface area contributed by atoms with Gasteiger partial charge in [0.2, 0.25) is 0 Å². The van der Waals surface area contributed by atoms with Gasteiger partial charge in [-0.2, -0.15) is 5.10 Å². The van der Waals surface area contributed by atoms with E-state index in [0.29, 0.717) is 0 Å². The standard InChI is InChI=1S/C14H12FN3O4S/c1-21-9-5-3-4-8(12(9)15)7-16-18-14-17-13(20)10(23-14)6-11(19)22-2/h3-7H,1-2H3,(H,17,18,20)/b10-6+,16-7?. The lowest BCUT2D eigenvalue weighted by atomic mass is 10.2. The fraction of sp³-hybridized carbons (Fsp3) is 0.143. The van der Waals surface area contributed by atoms with Crippen molar-refractivity contribution in [3.8, 4) is 5.75 Å². The molecule has 7 nitrogen and oxygen atoms in total. The Balaban J connectivity index is 2.11. The molecule has 120 valence electrons. The van der Waals surface area contributed by atoms with E-state index in [-0.39, 0.29) is 21.4 Å². The lowest BCUT2D eigenvalue weighted by Crippen LogP contribution is -2.19. The summed E-state index contributed by atoms with van der Waals surface area (Å²) in [6.07, 6.45) is 2.24. The number of halogens is 1. The molecule has 1 saturated heterocycles. The number of hydrogen-bond donors (Lipinski definition) is 1. The molecule has 1 aliphatic heterocycles. The average molecular weight is 337 g/mol. The van der Waals surface area contributed by atoms with Crippen molar-refractivity contribution in [3.63, 3.8) is 0 Å². The van der Waals surface area contributed by atoms with Crippen LogP contribution in [0.15, 0.2) is 39.4 Å². The van der Waals surface area contributed by atoms with Gasteiger partial charge in [-0.1, -0.05) is 12.1 Å². The highest BCUT2D eigenvalue weighted by Crippen LogP contribution is 2.23. The van der Waals surface area contributed by atoms with Gasteiger partial charge in [0.15, 0.2) is 16.7 Å². The summed E-state index contributed by atoms with van der Waals surface area (Å²) < 4.78 is 23.2. The first-order valence-electron chi connectivity index (χ1n) is 6.27. The van der Waals surface area contributed by atoms with Crippen LogP contribution in [0.1, 0.15) is 5.56 Å². The summed E-state index contributed by atoms with van der Waals surface area (Å²) in [7, 11) is 2.57. The molecular weight excluding hydrogens is 325 g/mol. The fourth-order valence-corrected chi connectivity index (χ4v) is 2.31. The van der Waals surface area contributed by atoms with E-state index in [0.717, 1.165) is 17.8 Å². The van der Waals surface area contributed by atoms with E-state index >= 15 is 0 Å². The van der Waals surface area contributed by atoms with Gasteiger partial charge in [-0.15, -0.1) is 5.10 Å². The van der Waals surface area contributed by atoms with E-state index in [1.807, 2.05) is 0 Å². The van der Waals surface area contributed by atoms with Crippen molar-refractivity contribution in [1.82, 2.24) is 5.32 Å². The normalized spacial score (nSPS) is 17.8. The van der Waals surface area contributed by atoms with E-state index < -0.39 is 17.7 Å². The van der Waals surface area contributed by atoms with E-state index in [1.165, 1.54) is 32.6 Å². The predicted octanol–water partition coefficient (Wildman–Crippen LogP) is 1.44. The van der Waals surface area contributed by atoms with Crippen molar-refractivity contribution in [3.05, 3.63) is 40.6 Å². The smallest absolute Gasteiger partial charge is 0.331 e. The number of carbonyl (C=O) groups excluding carboxylic acids is 2. The molecule has 9 heteroatoms. The number of thioether (sulfide) groups is 1. The van der Waals surface area contributed by atoms with Crippen LogP contribution < -0.4 is 10.1 Å². The number of hydrogen-bond acceptors (Lipinski definition) is 7. The SMILES string of the molecule is COC(=O)/C=C1/S/C(=N\N=Cc2cccc(OC)c2F)NC1=O. The molecule has 0 bridgehead atoms. The van der Waals surface area contributed by atoms with Crippen LogP contribution in [0.25, 0.3) is 0 Å². The fourth-order valence-electron chi connectivity index (χ4n) is 1.57. The van der Waals surface area contributed by atoms with Gasteiger partial charge in [0.25, 0.3) is 5.91 Å². The molecule has 0 atom stereocenters. The zero-order valence-electron chi connectivity index (χ0n) is 12.2. The van der Waals surface area contributed by atoms with Crippen LogP contribution in [0.5, 0.6) is 5.75 Å². The Bertz CT molecular complexity index is 731. The van der Waals surface area contributed by atoms with Gasteiger partial charge in [0.05, 0.1) is 25.3 Å². The molecule has 23 heavy (non-hydrogen) atoms. The second-order valence-corrected chi connectivity index (χ2v) is 5.13. The number of benzene rings is 1. The van der Waals surface area contributed by atoms with Crippen LogP contribution in [0.4, 0.5) is 4.39 Å². The van der Waals surface area contributed by atoms with Gasteiger partial charge in [-0.05, 0) is 17.8 Å². The molecule has 1 amide bonds. The third kappa shape index (κ3) is 4.16. The quantitative estimate of drug-likeness (QED) is 0.389. The summed E-state index contributed by atoms with van der Waals surface area (Å²) in [5, 5.41) is 10.1. The van der Waals surface area contributed by atoms with E-state index in [9.17, 15) is 14.0 Å². The summed E-state index contributed by atoms with van der Waals surface area (Å²) in [4.78, 5) is 22.8. The van der Waals surface area contributed by atoms with Gasteiger partial charge in [0.1, 0.15) is 0 Å². The highest BCUT2D eigenvalue weighted by atomic mass is 32.2. The van der Waals surface area contributed by atoms with Crippen LogP contribution in [-0.4, -0.2) is 37.5 Å². The number of carbonyl (C=O) groups is 2. The Hall–Kier alpha value is -2.68. The Labute approximate surface area is 135 Å². The molecule has 0 radical (unpaired) electrons. The number of amidine groups is 1. The lowest BCUT2D eigenvalue weighted by molar-refractivity contribution is -0.135. The molecule has 0 spiro atoms. The first-order chi connectivity index (χ1) is 11.0. The number of methoxy groups -OCH3 is 2. The number of amides is 1. The molecule has 0 unspecified atom stereocenters. The Morgan fingerprint density at radius 1 is 1.39 bits per heavy atom. The molecule has 1 fully saturated rings. The zero-order valence-corrected chi connectivity index (χ0v) is 13.0. The molecule has 1 aromatic rings. The molecule has 1 N–H and O–H groups in total. The molecule has 0 saturated carbocycles. The molecule has 1 aliphatic rings. The van der Waals surface area contributed by atoms with Crippen LogP contribution >= 0.6 is 11.8 Å². The van der Waals surface area contributed by atoms with E-state index in [2.05, 4.69) is 20.3 Å². The minimum Gasteiger partial charge on any atom is -0.494 e. The Morgan fingerprint density at radius 2 is 2.17 bits per heavy atom. The van der Waals surface area contributed by atoms with Crippen LogP contribution in [0.2, 0.25) is 0 Å². The molecule has 1 heterocycles. The number of ether oxygens (including phenoxy) is 2. The van der Waals surface area contributed by atoms with Crippen molar-refractivity contribution in [1.29, 1.82) is 0 Å². The maximum absolute atomic E-state index is 13.9. The number of nitrogens with one attached hydrogen (secondary N) is 1. The Kier molecular flexibility index (Phi) is 5.47. The molecule has 2 rings (SSSR count). The maximum atomic E-state index is 13.9. The van der Waals surface area contributed by atoms with Crippen molar-refractivity contribution in [2.45, 2.75) is 0 Å². The van der Waals surface area contributed by atoms with Crippen molar-refractivity contribution < 1.29 is 23.5 Å². The highest BCUT2D eigenvalue weighted by Gasteiger charge is 2.25. The van der Waals surface area contributed by atoms with Crippen molar-refractivity contribution in [2.75, 3.05) is 14.2 Å². The largest absolute Gasteiger partial charge is 0.494 e. The maximum Gasteiger partial charge on any atom is 0.331 e. The van der Waals surface area contributed by atoms with E-state index in [4.69, 9.17) is 4.74 Å². The third-order valence-electron chi connectivity index (χ3n) is 2.66. The van der Waals surface area contributed by atoms with Crippen molar-refractivity contribution in [2.24, 2.45) is 10.2 Å². The second kappa shape index (κ2) is 7.54. The number of rotatable bonds is 4. The molecule has 0 aromatic heterocycles. The first-order valence-corrected chi connectivity index (χ1v) is 7.09. The second-order valence-electron chi connectivity index (χ2n) is 4.10. The van der Waals surface area contributed by atoms with Crippen molar-refractivity contribution >= 4 is 35.0 Å².